The number of aryl methyl sites for hydroxylation is 1. The maximum atomic E-state index is 15.3. The second-order valence-electron chi connectivity index (χ2n) is 10.5. The largest absolute Gasteiger partial charge is 0.497 e. The molecular weight excluding hydrogens is 438 g/mol. The van der Waals surface area contributed by atoms with Crippen LogP contribution in [0.3, 0.4) is 0 Å². The number of nitrogens with one attached hydrogen (secondary N) is 1. The lowest BCUT2D eigenvalue weighted by Gasteiger charge is -2.44. The number of hydrogen-bond donors (Lipinski definition) is 1. The van der Waals surface area contributed by atoms with Crippen LogP contribution in [0.5, 0.6) is 5.75 Å². The lowest BCUT2D eigenvalue weighted by atomic mass is 9.70. The number of rotatable bonds is 4. The lowest BCUT2D eigenvalue weighted by Crippen LogP contribution is -2.53. The normalized spacial score (nSPS) is 27.1. The summed E-state index contributed by atoms with van der Waals surface area (Å²) in [5.74, 6) is -0.253. The average Bonchev–Trinajstić information content (AvgIpc) is 2.82. The van der Waals surface area contributed by atoms with E-state index in [1.54, 1.807) is 12.1 Å². The van der Waals surface area contributed by atoms with Gasteiger partial charge in [0.1, 0.15) is 23.5 Å². The summed E-state index contributed by atoms with van der Waals surface area (Å²) in [5, 5.41) is 3.05. The Hall–Kier alpha value is -2.67. The van der Waals surface area contributed by atoms with Gasteiger partial charge in [-0.3, -0.25) is 4.90 Å². The first-order valence-corrected chi connectivity index (χ1v) is 12.1. The molecule has 0 saturated carbocycles. The van der Waals surface area contributed by atoms with Gasteiger partial charge >= 0.3 is 6.09 Å². The van der Waals surface area contributed by atoms with Crippen molar-refractivity contribution in [1.82, 2.24) is 10.2 Å². The molecule has 182 valence electrons. The van der Waals surface area contributed by atoms with E-state index in [4.69, 9.17) is 9.47 Å². The molecule has 7 heteroatoms. The Bertz CT molecular complexity index is 1100. The van der Waals surface area contributed by atoms with E-state index < -0.39 is 23.8 Å². The molecule has 2 bridgehead atoms. The fourth-order valence-corrected chi connectivity index (χ4v) is 5.80. The maximum Gasteiger partial charge on any atom is 0.407 e. The highest BCUT2D eigenvalue weighted by Gasteiger charge is 2.40. The fourth-order valence-electron chi connectivity index (χ4n) is 5.80. The molecule has 0 aromatic heterocycles. The zero-order valence-corrected chi connectivity index (χ0v) is 20.0. The standard InChI is InChI=1S/C27H32F2N2O3/c1-27(2)9-6-17-12-21(19-5-4-18(33-3)13-22(19)28)23(29)14-20(17)25(27)30-26(32)34-24-15-31-10-7-16(24)8-11-31/h4-5,12-14,16,24-25H,6-11,15H2,1-3H3,(H,30,32)/t24-,25+/m1/s1. The number of alkyl carbamates (subject to hydrolysis) is 1. The summed E-state index contributed by atoms with van der Waals surface area (Å²) in [5.41, 5.74) is 1.78. The van der Waals surface area contributed by atoms with Gasteiger partial charge in [-0.05, 0) is 85.5 Å². The third kappa shape index (κ3) is 4.26. The fraction of sp³-hybridized carbons (Fsp3) is 0.519. The van der Waals surface area contributed by atoms with E-state index in [1.165, 1.54) is 25.3 Å². The zero-order chi connectivity index (χ0) is 24.0. The Kier molecular flexibility index (Phi) is 6.00. The van der Waals surface area contributed by atoms with E-state index in [-0.39, 0.29) is 22.6 Å². The van der Waals surface area contributed by atoms with Gasteiger partial charge in [0.2, 0.25) is 0 Å². The third-order valence-electron chi connectivity index (χ3n) is 7.94. The van der Waals surface area contributed by atoms with Gasteiger partial charge in [-0.15, -0.1) is 0 Å². The molecule has 0 radical (unpaired) electrons. The first-order valence-electron chi connectivity index (χ1n) is 12.1. The highest BCUT2D eigenvalue weighted by Crippen LogP contribution is 2.45. The second kappa shape index (κ2) is 8.84. The summed E-state index contributed by atoms with van der Waals surface area (Å²) in [4.78, 5) is 15.3. The first kappa shape index (κ1) is 23.1. The van der Waals surface area contributed by atoms with Crippen LogP contribution in [0.25, 0.3) is 11.1 Å². The topological polar surface area (TPSA) is 50.8 Å². The number of halogens is 2. The van der Waals surface area contributed by atoms with Gasteiger partial charge in [0.05, 0.1) is 13.2 Å². The number of benzene rings is 2. The van der Waals surface area contributed by atoms with Gasteiger partial charge in [0, 0.05) is 23.7 Å². The molecule has 5 nitrogen and oxygen atoms in total. The van der Waals surface area contributed by atoms with E-state index >= 15 is 4.39 Å². The van der Waals surface area contributed by atoms with Crippen LogP contribution in [-0.4, -0.2) is 43.8 Å². The first-order chi connectivity index (χ1) is 16.2. The minimum Gasteiger partial charge on any atom is -0.497 e. The van der Waals surface area contributed by atoms with Crippen LogP contribution < -0.4 is 10.1 Å². The van der Waals surface area contributed by atoms with Crippen LogP contribution in [0.15, 0.2) is 30.3 Å². The minimum absolute atomic E-state index is 0.0918. The molecule has 34 heavy (non-hydrogen) atoms. The molecule has 6 rings (SSSR count). The summed E-state index contributed by atoms with van der Waals surface area (Å²) in [6.45, 7) is 7.08. The smallest absolute Gasteiger partial charge is 0.407 e. The molecule has 0 unspecified atom stereocenters. The number of carbonyl (C=O) groups is 1. The molecule has 2 aromatic rings. The van der Waals surface area contributed by atoms with Gasteiger partial charge in [0.25, 0.3) is 0 Å². The van der Waals surface area contributed by atoms with Crippen LogP contribution >= 0.6 is 0 Å². The SMILES string of the molecule is COc1ccc(-c2cc3c(cc2F)[C@H](NC(=O)O[C@@H]2CN4CCC2CC4)C(C)(C)CC3)c(F)c1. The van der Waals surface area contributed by atoms with Crippen molar-refractivity contribution in [1.29, 1.82) is 0 Å². The average molecular weight is 471 g/mol. The van der Waals surface area contributed by atoms with Crippen molar-refractivity contribution >= 4 is 6.09 Å². The Morgan fingerprint density at radius 3 is 2.47 bits per heavy atom. The maximum absolute atomic E-state index is 15.3. The highest BCUT2D eigenvalue weighted by atomic mass is 19.1. The Morgan fingerprint density at radius 1 is 1.09 bits per heavy atom. The van der Waals surface area contributed by atoms with Crippen molar-refractivity contribution in [3.63, 3.8) is 0 Å². The monoisotopic (exact) mass is 470 g/mol. The molecule has 0 spiro atoms. The number of hydrogen-bond acceptors (Lipinski definition) is 4. The van der Waals surface area contributed by atoms with Crippen LogP contribution in [0.1, 0.15) is 50.3 Å². The molecule has 3 fully saturated rings. The molecule has 3 heterocycles. The summed E-state index contributed by atoms with van der Waals surface area (Å²) in [6, 6.07) is 7.19. The van der Waals surface area contributed by atoms with E-state index in [2.05, 4.69) is 24.1 Å². The van der Waals surface area contributed by atoms with Gasteiger partial charge < -0.3 is 14.8 Å². The number of carbonyl (C=O) groups excluding carboxylic acids is 1. The summed E-state index contributed by atoms with van der Waals surface area (Å²) in [6.07, 6.45) is 3.11. The van der Waals surface area contributed by atoms with Crippen LogP contribution in [0.2, 0.25) is 0 Å². The van der Waals surface area contributed by atoms with Crippen LogP contribution in [0, 0.1) is 23.0 Å². The summed E-state index contributed by atoms with van der Waals surface area (Å²) < 4.78 is 40.9. The number of fused-ring (bicyclic) bond motifs is 4. The molecule has 3 saturated heterocycles. The van der Waals surface area contributed by atoms with Crippen molar-refractivity contribution in [2.45, 2.75) is 51.7 Å². The molecule has 1 amide bonds. The van der Waals surface area contributed by atoms with E-state index in [9.17, 15) is 9.18 Å². The zero-order valence-electron chi connectivity index (χ0n) is 20.0. The van der Waals surface area contributed by atoms with Crippen molar-refractivity contribution in [2.75, 3.05) is 26.7 Å². The molecule has 2 aromatic carbocycles. The van der Waals surface area contributed by atoms with E-state index in [0.29, 0.717) is 11.7 Å². The number of amides is 1. The van der Waals surface area contributed by atoms with Gasteiger partial charge in [0.15, 0.2) is 0 Å². The molecule has 3 aliphatic heterocycles. The van der Waals surface area contributed by atoms with Crippen molar-refractivity contribution in [3.05, 3.63) is 53.1 Å². The van der Waals surface area contributed by atoms with E-state index in [1.807, 2.05) is 0 Å². The number of piperidine rings is 3. The van der Waals surface area contributed by atoms with Crippen molar-refractivity contribution < 1.29 is 23.0 Å². The van der Waals surface area contributed by atoms with Crippen molar-refractivity contribution in [3.8, 4) is 16.9 Å². The van der Waals surface area contributed by atoms with Crippen molar-refractivity contribution in [2.24, 2.45) is 11.3 Å². The van der Waals surface area contributed by atoms with E-state index in [0.717, 1.165) is 56.4 Å². The van der Waals surface area contributed by atoms with Crippen LogP contribution in [0.4, 0.5) is 13.6 Å². The predicted molar refractivity (Wildman–Crippen MR) is 126 cm³/mol. The summed E-state index contributed by atoms with van der Waals surface area (Å²) in [7, 11) is 1.46. The molecular formula is C27H32F2N2O3. The Morgan fingerprint density at radius 2 is 1.82 bits per heavy atom. The highest BCUT2D eigenvalue weighted by molar-refractivity contribution is 5.70. The molecule has 4 aliphatic rings. The predicted octanol–water partition coefficient (Wildman–Crippen LogP) is 5.47. The number of nitrogens with zero attached hydrogens (tertiary/aromatic N) is 1. The van der Waals surface area contributed by atoms with Gasteiger partial charge in [-0.2, -0.15) is 0 Å². The molecule has 1 N–H and O–H groups in total. The Labute approximate surface area is 199 Å². The third-order valence-corrected chi connectivity index (χ3v) is 7.94. The summed E-state index contributed by atoms with van der Waals surface area (Å²) >= 11 is 0. The molecule has 2 atom stereocenters. The lowest BCUT2D eigenvalue weighted by molar-refractivity contribution is -0.0353. The minimum atomic E-state index is -0.537. The number of methoxy groups -OCH3 is 1. The number of ether oxygens (including phenoxy) is 2. The molecule has 1 aliphatic carbocycles. The van der Waals surface area contributed by atoms with Gasteiger partial charge in [-0.25, -0.2) is 13.6 Å². The second-order valence-corrected chi connectivity index (χ2v) is 10.5. The quantitative estimate of drug-likeness (QED) is 0.644. The van der Waals surface area contributed by atoms with Crippen LogP contribution in [-0.2, 0) is 11.2 Å². The van der Waals surface area contributed by atoms with Gasteiger partial charge in [-0.1, -0.05) is 13.8 Å². The Balaban J connectivity index is 1.40.